The number of benzene rings is 1. The lowest BCUT2D eigenvalue weighted by Crippen LogP contribution is -2.35. The zero-order chi connectivity index (χ0) is 22.2. The number of aryl methyl sites for hydroxylation is 1. The minimum Gasteiger partial charge on any atom is -0.442 e. The number of anilines is 1. The fourth-order valence-electron chi connectivity index (χ4n) is 3.58. The summed E-state index contributed by atoms with van der Waals surface area (Å²) >= 11 is 0. The van der Waals surface area contributed by atoms with Crippen LogP contribution in [0, 0.1) is 11.7 Å². The molecule has 0 radical (unpaired) electrons. The number of carbonyl (C=O) groups is 2. The fraction of sp³-hybridized carbons (Fsp3) is 0.333. The van der Waals surface area contributed by atoms with Crippen molar-refractivity contribution in [3.05, 3.63) is 42.3 Å². The number of hydrogen-bond donors (Lipinski definition) is 1. The summed E-state index contributed by atoms with van der Waals surface area (Å²) in [5.41, 5.74) is 1.89. The van der Waals surface area contributed by atoms with E-state index in [-0.39, 0.29) is 24.9 Å². The number of ether oxygens (including phenoxy) is 1. The molecule has 5 rings (SSSR count). The van der Waals surface area contributed by atoms with Gasteiger partial charge in [0.2, 0.25) is 5.91 Å². The van der Waals surface area contributed by atoms with Crippen molar-refractivity contribution in [2.24, 2.45) is 13.0 Å². The Hall–Kier alpha value is -3.89. The summed E-state index contributed by atoms with van der Waals surface area (Å²) in [6, 6.07) is 8.00. The molecule has 1 saturated carbocycles. The Morgan fingerprint density at radius 2 is 2.12 bits per heavy atom. The molecule has 2 fully saturated rings. The summed E-state index contributed by atoms with van der Waals surface area (Å²) in [6.45, 7) is 0.488. The van der Waals surface area contributed by atoms with Crippen LogP contribution in [0.3, 0.4) is 0 Å². The first-order chi connectivity index (χ1) is 15.5. The number of amides is 2. The van der Waals surface area contributed by atoms with Crippen LogP contribution in [0.15, 0.2) is 36.5 Å². The predicted molar refractivity (Wildman–Crippen MR) is 111 cm³/mol. The molecule has 1 aromatic carbocycles. The van der Waals surface area contributed by atoms with Gasteiger partial charge in [-0.25, -0.2) is 13.9 Å². The number of rotatable bonds is 6. The molecule has 0 unspecified atom stereocenters. The molecule has 1 aliphatic carbocycles. The Balaban J connectivity index is 1.28. The Kier molecular flexibility index (Phi) is 5.00. The Morgan fingerprint density at radius 1 is 1.28 bits per heavy atom. The van der Waals surface area contributed by atoms with Gasteiger partial charge in [0.15, 0.2) is 5.82 Å². The highest BCUT2D eigenvalue weighted by Gasteiger charge is 2.35. The van der Waals surface area contributed by atoms with E-state index in [9.17, 15) is 14.0 Å². The smallest absolute Gasteiger partial charge is 0.414 e. The van der Waals surface area contributed by atoms with Gasteiger partial charge in [-0.1, -0.05) is 6.07 Å². The largest absolute Gasteiger partial charge is 0.442 e. The summed E-state index contributed by atoms with van der Waals surface area (Å²) in [4.78, 5) is 29.7. The van der Waals surface area contributed by atoms with E-state index in [0.29, 0.717) is 28.3 Å². The third kappa shape index (κ3) is 3.88. The highest BCUT2D eigenvalue weighted by molar-refractivity contribution is 5.90. The molecule has 1 aliphatic heterocycles. The second kappa shape index (κ2) is 7.98. The SMILES string of the molecule is Cn1nnnc1-c1ccc(-c2ccc(N3C[C@@H](CNC(=O)C4CC4)OC3=O)cc2F)cn1. The van der Waals surface area contributed by atoms with Crippen LogP contribution in [0.2, 0.25) is 0 Å². The van der Waals surface area contributed by atoms with Crippen LogP contribution in [0.1, 0.15) is 12.8 Å². The molecule has 1 atom stereocenters. The van der Waals surface area contributed by atoms with Crippen LogP contribution < -0.4 is 10.2 Å². The molecule has 0 spiro atoms. The zero-order valence-electron chi connectivity index (χ0n) is 17.2. The van der Waals surface area contributed by atoms with Crippen molar-refractivity contribution in [2.75, 3.05) is 18.0 Å². The van der Waals surface area contributed by atoms with Crippen molar-refractivity contribution in [1.82, 2.24) is 30.5 Å². The number of nitrogens with one attached hydrogen (secondary N) is 1. The molecule has 2 aromatic heterocycles. The van der Waals surface area contributed by atoms with E-state index >= 15 is 0 Å². The highest BCUT2D eigenvalue weighted by atomic mass is 19.1. The maximum Gasteiger partial charge on any atom is 0.414 e. The van der Waals surface area contributed by atoms with Crippen LogP contribution in [0.4, 0.5) is 14.9 Å². The van der Waals surface area contributed by atoms with Crippen molar-refractivity contribution in [3.8, 4) is 22.6 Å². The average Bonchev–Trinajstić information content (AvgIpc) is 3.46. The normalized spacial score (nSPS) is 18.0. The van der Waals surface area contributed by atoms with Crippen LogP contribution in [0.5, 0.6) is 0 Å². The van der Waals surface area contributed by atoms with E-state index < -0.39 is 18.0 Å². The third-order valence-corrected chi connectivity index (χ3v) is 5.51. The van der Waals surface area contributed by atoms with Crippen LogP contribution in [-0.4, -0.2) is 56.4 Å². The van der Waals surface area contributed by atoms with Crippen molar-refractivity contribution in [2.45, 2.75) is 18.9 Å². The summed E-state index contributed by atoms with van der Waals surface area (Å²) in [6.07, 6.45) is 2.32. The van der Waals surface area contributed by atoms with E-state index in [2.05, 4.69) is 25.8 Å². The van der Waals surface area contributed by atoms with Crippen LogP contribution in [-0.2, 0) is 16.6 Å². The number of nitrogens with zero attached hydrogens (tertiary/aromatic N) is 6. The van der Waals surface area contributed by atoms with E-state index in [1.807, 2.05) is 0 Å². The number of halogens is 1. The Bertz CT molecular complexity index is 1180. The Morgan fingerprint density at radius 3 is 2.78 bits per heavy atom. The maximum absolute atomic E-state index is 14.9. The lowest BCUT2D eigenvalue weighted by atomic mass is 10.1. The lowest BCUT2D eigenvalue weighted by Gasteiger charge is -2.14. The summed E-state index contributed by atoms with van der Waals surface area (Å²) in [5, 5.41) is 14.1. The first kappa shape index (κ1) is 20.0. The minimum absolute atomic E-state index is 0.00930. The van der Waals surface area contributed by atoms with Crippen LogP contribution >= 0.6 is 0 Å². The molecule has 3 heterocycles. The molecule has 1 saturated heterocycles. The van der Waals surface area contributed by atoms with Gasteiger partial charge in [-0.05, 0) is 47.5 Å². The standard InChI is InChI=1S/C21H20FN7O3/c1-28-19(25-26-27-28)18-7-4-13(9-23-18)16-6-5-14(8-17(16)22)29-11-15(32-21(29)31)10-24-20(30)12-2-3-12/h4-9,12,15H,2-3,10-11H2,1H3,(H,24,30)/t15-/m1/s1. The predicted octanol–water partition coefficient (Wildman–Crippen LogP) is 1.93. The molecule has 2 aliphatic rings. The summed E-state index contributed by atoms with van der Waals surface area (Å²) in [7, 11) is 1.71. The van der Waals surface area contributed by atoms with Gasteiger partial charge in [-0.3, -0.25) is 14.7 Å². The van der Waals surface area contributed by atoms with Gasteiger partial charge in [-0.15, -0.1) is 5.10 Å². The number of tetrazole rings is 1. The molecular weight excluding hydrogens is 417 g/mol. The zero-order valence-corrected chi connectivity index (χ0v) is 17.2. The number of hydrogen-bond acceptors (Lipinski definition) is 7. The maximum atomic E-state index is 14.9. The minimum atomic E-state index is -0.564. The van der Waals surface area contributed by atoms with Gasteiger partial charge in [0.25, 0.3) is 0 Å². The number of cyclic esters (lactones) is 1. The van der Waals surface area contributed by atoms with Gasteiger partial charge in [0.05, 0.1) is 18.8 Å². The Labute approximate surface area is 182 Å². The quantitative estimate of drug-likeness (QED) is 0.627. The van der Waals surface area contributed by atoms with Crippen molar-refractivity contribution in [3.63, 3.8) is 0 Å². The third-order valence-electron chi connectivity index (χ3n) is 5.51. The molecule has 3 aromatic rings. The molecule has 164 valence electrons. The van der Waals surface area contributed by atoms with Gasteiger partial charge in [-0.2, -0.15) is 0 Å². The van der Waals surface area contributed by atoms with Gasteiger partial charge in [0, 0.05) is 30.3 Å². The van der Waals surface area contributed by atoms with E-state index in [1.165, 1.54) is 15.6 Å². The molecule has 11 heteroatoms. The summed E-state index contributed by atoms with van der Waals surface area (Å²) in [5.74, 6) is 0.0916. The fourth-order valence-corrected chi connectivity index (χ4v) is 3.58. The lowest BCUT2D eigenvalue weighted by molar-refractivity contribution is -0.122. The molecule has 32 heavy (non-hydrogen) atoms. The van der Waals surface area contributed by atoms with Gasteiger partial charge in [0.1, 0.15) is 17.6 Å². The monoisotopic (exact) mass is 437 g/mol. The van der Waals surface area contributed by atoms with Gasteiger partial charge < -0.3 is 10.1 Å². The molecule has 0 bridgehead atoms. The van der Waals surface area contributed by atoms with Crippen molar-refractivity contribution in [1.29, 1.82) is 0 Å². The molecular formula is C21H20FN7O3. The first-order valence-electron chi connectivity index (χ1n) is 10.2. The van der Waals surface area contributed by atoms with E-state index in [1.54, 1.807) is 37.5 Å². The average molecular weight is 437 g/mol. The molecule has 2 amide bonds. The number of aromatic nitrogens is 5. The van der Waals surface area contributed by atoms with Crippen molar-refractivity contribution < 1.29 is 18.7 Å². The van der Waals surface area contributed by atoms with Crippen molar-refractivity contribution >= 4 is 17.7 Å². The highest BCUT2D eigenvalue weighted by Crippen LogP contribution is 2.30. The van der Waals surface area contributed by atoms with E-state index in [0.717, 1.165) is 12.8 Å². The number of carbonyl (C=O) groups excluding carboxylic acids is 2. The number of pyridine rings is 1. The second-order valence-corrected chi connectivity index (χ2v) is 7.86. The first-order valence-corrected chi connectivity index (χ1v) is 10.2. The van der Waals surface area contributed by atoms with Crippen LogP contribution in [0.25, 0.3) is 22.6 Å². The van der Waals surface area contributed by atoms with Gasteiger partial charge >= 0.3 is 6.09 Å². The molecule has 10 nitrogen and oxygen atoms in total. The summed E-state index contributed by atoms with van der Waals surface area (Å²) < 4.78 is 21.7. The topological polar surface area (TPSA) is 115 Å². The second-order valence-electron chi connectivity index (χ2n) is 7.86. The molecule has 1 N–H and O–H groups in total. The van der Waals surface area contributed by atoms with E-state index in [4.69, 9.17) is 4.74 Å².